The van der Waals surface area contributed by atoms with Crippen molar-refractivity contribution in [2.75, 3.05) is 0 Å². The van der Waals surface area contributed by atoms with E-state index in [9.17, 15) is 29.0 Å². The van der Waals surface area contributed by atoms with Crippen LogP contribution in [-0.2, 0) is 22.5 Å². The molecule has 1 heterocycles. The van der Waals surface area contributed by atoms with Crippen LogP contribution >= 0.6 is 0 Å². The number of halogens is 1. The summed E-state index contributed by atoms with van der Waals surface area (Å²) in [6.45, 7) is 7.18. The molecular formula is C38H43FN2O7. The van der Waals surface area contributed by atoms with Crippen molar-refractivity contribution in [1.82, 2.24) is 9.47 Å². The van der Waals surface area contributed by atoms with E-state index in [1.165, 1.54) is 12.1 Å². The Balaban J connectivity index is 1.97. The number of aliphatic carboxylic acids is 1. The Bertz CT molecular complexity index is 1690. The number of aliphatic hydroxyl groups is 2. The molecule has 0 aliphatic carbocycles. The molecule has 1 aromatic heterocycles. The van der Waals surface area contributed by atoms with Crippen molar-refractivity contribution in [3.8, 4) is 22.3 Å². The third-order valence-corrected chi connectivity index (χ3v) is 7.88. The van der Waals surface area contributed by atoms with Crippen LogP contribution in [0.3, 0.4) is 0 Å². The number of hydrogen-bond acceptors (Lipinski definition) is 6. The van der Waals surface area contributed by atoms with Crippen LogP contribution in [0.4, 0.5) is 9.18 Å². The van der Waals surface area contributed by atoms with E-state index in [0.717, 1.165) is 10.5 Å². The molecule has 4 aromatic rings. The highest BCUT2D eigenvalue weighted by atomic mass is 19.1. The Kier molecular flexibility index (Phi) is 12.3. The van der Waals surface area contributed by atoms with Gasteiger partial charge in [-0.05, 0) is 75.8 Å². The zero-order valence-electron chi connectivity index (χ0n) is 27.7. The van der Waals surface area contributed by atoms with Gasteiger partial charge in [0.1, 0.15) is 11.5 Å². The summed E-state index contributed by atoms with van der Waals surface area (Å²) in [5, 5.41) is 30.1. The average Bonchev–Trinajstić information content (AvgIpc) is 3.38. The third-order valence-electron chi connectivity index (χ3n) is 7.88. The van der Waals surface area contributed by atoms with Gasteiger partial charge in [-0.15, -0.1) is 0 Å². The molecule has 2 atom stereocenters. The van der Waals surface area contributed by atoms with Crippen molar-refractivity contribution in [1.29, 1.82) is 0 Å². The molecule has 3 N–H and O–H groups in total. The fourth-order valence-corrected chi connectivity index (χ4v) is 5.88. The summed E-state index contributed by atoms with van der Waals surface area (Å²) < 4.78 is 21.6. The maximum Gasteiger partial charge on any atom is 0.417 e. The van der Waals surface area contributed by atoms with Gasteiger partial charge in [0.15, 0.2) is 0 Å². The van der Waals surface area contributed by atoms with Crippen molar-refractivity contribution in [2.45, 2.75) is 84.3 Å². The monoisotopic (exact) mass is 658 g/mol. The number of aliphatic hydroxyl groups excluding tert-OH is 2. The maximum absolute atomic E-state index is 14.9. The van der Waals surface area contributed by atoms with Crippen molar-refractivity contribution in [3.05, 3.63) is 108 Å². The van der Waals surface area contributed by atoms with Gasteiger partial charge in [0, 0.05) is 22.9 Å². The molecule has 0 aliphatic rings. The van der Waals surface area contributed by atoms with Crippen LogP contribution in [0.25, 0.3) is 22.3 Å². The molecule has 254 valence electrons. The maximum atomic E-state index is 14.9. The first-order valence-corrected chi connectivity index (χ1v) is 16.1. The van der Waals surface area contributed by atoms with Crippen LogP contribution in [-0.4, -0.2) is 61.1 Å². The predicted molar refractivity (Wildman–Crippen MR) is 181 cm³/mol. The second kappa shape index (κ2) is 16.3. The topological polar surface area (TPSA) is 129 Å². The molecule has 0 fully saturated rings. The van der Waals surface area contributed by atoms with E-state index in [1.807, 2.05) is 79.1 Å². The smallest absolute Gasteiger partial charge is 0.417 e. The molecule has 3 aromatic carbocycles. The first kappa shape index (κ1) is 36.0. The molecule has 10 heteroatoms. The summed E-state index contributed by atoms with van der Waals surface area (Å²) >= 11 is 0. The first-order chi connectivity index (χ1) is 22.9. The normalized spacial score (nSPS) is 12.6. The van der Waals surface area contributed by atoms with Gasteiger partial charge in [-0.3, -0.25) is 9.59 Å². The second-order valence-corrected chi connectivity index (χ2v) is 12.4. The van der Waals surface area contributed by atoms with Crippen LogP contribution in [0.1, 0.15) is 74.7 Å². The molecule has 9 nitrogen and oxygen atoms in total. The van der Waals surface area contributed by atoms with Gasteiger partial charge in [0.25, 0.3) is 5.91 Å². The van der Waals surface area contributed by atoms with E-state index in [0.29, 0.717) is 27.9 Å². The lowest BCUT2D eigenvalue weighted by atomic mass is 9.92. The van der Waals surface area contributed by atoms with Crippen LogP contribution < -0.4 is 0 Å². The molecular weight excluding hydrogens is 615 g/mol. The van der Waals surface area contributed by atoms with Gasteiger partial charge in [0.05, 0.1) is 31.3 Å². The number of benzene rings is 3. The number of rotatable bonds is 14. The predicted octanol–water partition coefficient (Wildman–Crippen LogP) is 7.25. The quantitative estimate of drug-likeness (QED) is 0.130. The van der Waals surface area contributed by atoms with E-state index >= 15 is 0 Å². The number of carbonyl (C=O) groups is 3. The molecule has 2 unspecified atom stereocenters. The number of carbonyl (C=O) groups excluding carboxylic acids is 2. The molecule has 2 amide bonds. The van der Waals surface area contributed by atoms with Gasteiger partial charge >= 0.3 is 12.1 Å². The molecule has 0 saturated heterocycles. The van der Waals surface area contributed by atoms with Crippen LogP contribution in [0, 0.1) is 5.82 Å². The van der Waals surface area contributed by atoms with Gasteiger partial charge in [-0.1, -0.05) is 72.8 Å². The summed E-state index contributed by atoms with van der Waals surface area (Å²) in [7, 11) is 0. The number of hydrogen-bond donors (Lipinski definition) is 3. The molecule has 4 rings (SSSR count). The summed E-state index contributed by atoms with van der Waals surface area (Å²) in [4.78, 5) is 40.7. The minimum absolute atomic E-state index is 0.0515. The lowest BCUT2D eigenvalue weighted by Crippen LogP contribution is -2.39. The summed E-state index contributed by atoms with van der Waals surface area (Å²) in [6.07, 6.45) is -3.88. The zero-order valence-corrected chi connectivity index (χ0v) is 27.7. The van der Waals surface area contributed by atoms with Gasteiger partial charge < -0.3 is 24.6 Å². The standard InChI is InChI=1S/C38H43FN2O7/c1-24(2)41-32(20-19-30(42)21-31(43)22-33(44)45)34(28-15-17-29(39)18-16-28)35(27-13-9-6-10-14-27)36(41)37(46)40(38(47)48-25(3)4)23-26-11-7-5-8-12-26/h5-18,24-25,30-31,42-43H,19-23H2,1-4H3,(H,44,45). The van der Waals surface area contributed by atoms with E-state index < -0.39 is 48.5 Å². The highest BCUT2D eigenvalue weighted by molar-refractivity contribution is 6.09. The number of nitrogens with zero attached hydrogens (tertiary/aromatic N) is 2. The molecule has 0 radical (unpaired) electrons. The first-order valence-electron chi connectivity index (χ1n) is 16.1. The lowest BCUT2D eigenvalue weighted by Gasteiger charge is -2.25. The average molecular weight is 659 g/mol. The Morgan fingerprint density at radius 3 is 1.96 bits per heavy atom. The minimum Gasteiger partial charge on any atom is -0.481 e. The number of carboxylic acids is 1. The lowest BCUT2D eigenvalue weighted by molar-refractivity contribution is -0.139. The highest BCUT2D eigenvalue weighted by Gasteiger charge is 2.35. The largest absolute Gasteiger partial charge is 0.481 e. The highest BCUT2D eigenvalue weighted by Crippen LogP contribution is 2.43. The number of carboxylic acid groups (broad SMARTS) is 1. The molecule has 0 saturated carbocycles. The van der Waals surface area contributed by atoms with Crippen LogP contribution in [0.5, 0.6) is 0 Å². The molecule has 0 spiro atoms. The summed E-state index contributed by atoms with van der Waals surface area (Å²) in [5.74, 6) is -2.20. The summed E-state index contributed by atoms with van der Waals surface area (Å²) in [5.41, 5.74) is 4.08. The summed E-state index contributed by atoms with van der Waals surface area (Å²) in [6, 6.07) is 24.0. The van der Waals surface area contributed by atoms with Gasteiger partial charge in [-0.25, -0.2) is 14.1 Å². The van der Waals surface area contributed by atoms with E-state index in [2.05, 4.69) is 0 Å². The van der Waals surface area contributed by atoms with E-state index in [4.69, 9.17) is 9.84 Å². The van der Waals surface area contributed by atoms with Gasteiger partial charge in [-0.2, -0.15) is 0 Å². The van der Waals surface area contributed by atoms with Crippen LogP contribution in [0.2, 0.25) is 0 Å². The Morgan fingerprint density at radius 1 is 0.812 bits per heavy atom. The molecule has 48 heavy (non-hydrogen) atoms. The van der Waals surface area contributed by atoms with Crippen molar-refractivity contribution >= 4 is 18.0 Å². The number of amides is 2. The third kappa shape index (κ3) is 8.96. The second-order valence-electron chi connectivity index (χ2n) is 12.4. The van der Waals surface area contributed by atoms with Crippen molar-refractivity contribution in [3.63, 3.8) is 0 Å². The van der Waals surface area contributed by atoms with Gasteiger partial charge in [0.2, 0.25) is 0 Å². The SMILES string of the molecule is CC(C)OC(=O)N(Cc1ccccc1)C(=O)c1c(-c2ccccc2)c(-c2ccc(F)cc2)c(CCC(O)CC(O)CC(=O)O)n1C(C)C. The number of imide groups is 1. The van der Waals surface area contributed by atoms with Crippen LogP contribution in [0.15, 0.2) is 84.9 Å². The Hall–Kier alpha value is -4.80. The Morgan fingerprint density at radius 2 is 1.40 bits per heavy atom. The fourth-order valence-electron chi connectivity index (χ4n) is 5.88. The molecule has 0 bridgehead atoms. The zero-order chi connectivity index (χ0) is 35.0. The minimum atomic E-state index is -1.23. The van der Waals surface area contributed by atoms with Crippen molar-refractivity contribution < 1.29 is 38.8 Å². The number of ether oxygens (including phenoxy) is 1. The van der Waals surface area contributed by atoms with E-state index in [-0.39, 0.29) is 37.5 Å². The number of aromatic nitrogens is 1. The van der Waals surface area contributed by atoms with Crippen molar-refractivity contribution in [2.24, 2.45) is 0 Å². The van der Waals surface area contributed by atoms with E-state index in [1.54, 1.807) is 26.0 Å². The molecule has 0 aliphatic heterocycles. The fraction of sp³-hybridized carbons (Fsp3) is 0.342. The Labute approximate surface area is 280 Å².